The molecule has 0 rings (SSSR count). The fourth-order valence-electron chi connectivity index (χ4n) is 0.287. The molecule has 0 saturated heterocycles. The quantitative estimate of drug-likeness (QED) is 0.409. The summed E-state index contributed by atoms with van der Waals surface area (Å²) < 4.78 is 36.1. The van der Waals surface area contributed by atoms with E-state index >= 15 is 0 Å². The zero-order chi connectivity index (χ0) is 11.6. The summed E-state index contributed by atoms with van der Waals surface area (Å²) in [5.41, 5.74) is 0. The van der Waals surface area contributed by atoms with Crippen molar-refractivity contribution in [1.82, 2.24) is 0 Å². The monoisotopic (exact) mass is 150 g/mol. The molecule has 0 aliphatic rings. The molecule has 10 heavy (non-hydrogen) atoms. The minimum atomic E-state index is -3.13. The maximum atomic E-state index is 11.0. The molecule has 0 amide bonds. The second-order valence-corrected chi connectivity index (χ2v) is 1.36. The molecule has 0 unspecified atom stereocenters. The number of hydrogen-bond acceptors (Lipinski definition) is 4. The summed E-state index contributed by atoms with van der Waals surface area (Å²) in [6.45, 7) is -3.13. The van der Waals surface area contributed by atoms with Gasteiger partial charge in [-0.1, -0.05) is 0 Å². The highest BCUT2D eigenvalue weighted by atomic mass is 16.5. The zero-order valence-corrected chi connectivity index (χ0v) is 5.63. The molecule has 0 aliphatic carbocycles. The number of esters is 2. The number of hydrogen-bond donors (Lipinski definition) is 0. The molecule has 0 heterocycles. The van der Waals surface area contributed by atoms with Crippen LogP contribution in [0.15, 0.2) is 0 Å². The van der Waals surface area contributed by atoms with Gasteiger partial charge >= 0.3 is 11.9 Å². The van der Waals surface area contributed by atoms with Gasteiger partial charge in [-0.25, -0.2) is 0 Å². The minimum Gasteiger partial charge on any atom is -0.468 e. The lowest BCUT2D eigenvalue weighted by Gasteiger charge is -2.04. The Morgan fingerprint density at radius 3 is 2.00 bits per heavy atom. The van der Waals surface area contributed by atoms with Crippen LogP contribution in [-0.4, -0.2) is 26.2 Å². The average Bonchev–Trinajstić information content (AvgIpc) is 2.12. The largest absolute Gasteiger partial charge is 0.468 e. The molecule has 0 aromatic carbocycles. The lowest BCUT2D eigenvalue weighted by Crippen LogP contribution is -2.23. The van der Waals surface area contributed by atoms with Crippen molar-refractivity contribution < 1.29 is 24.5 Å². The van der Waals surface area contributed by atoms with Gasteiger partial charge in [0.15, 0.2) is 5.89 Å². The van der Waals surface area contributed by atoms with Crippen LogP contribution in [0.5, 0.6) is 0 Å². The number of rotatable bonds is 2. The minimum absolute atomic E-state index is 0.889. The molecule has 0 N–H and O–H groups in total. The highest BCUT2D eigenvalue weighted by Crippen LogP contribution is 1.98. The maximum Gasteiger partial charge on any atom is 0.319 e. The lowest BCUT2D eigenvalue weighted by molar-refractivity contribution is -0.157. The molecule has 4 heteroatoms. The van der Waals surface area contributed by atoms with E-state index in [-0.39, 0.29) is 0 Å². The van der Waals surface area contributed by atoms with Crippen molar-refractivity contribution in [3.63, 3.8) is 0 Å². The number of carbonyl (C=O) groups is 2. The van der Waals surface area contributed by atoms with Crippen LogP contribution in [-0.2, 0) is 19.1 Å². The molecule has 4 nitrogen and oxygen atoms in total. The van der Waals surface area contributed by atoms with E-state index in [0.717, 1.165) is 14.2 Å². The van der Waals surface area contributed by atoms with Gasteiger partial charge in [0.05, 0.1) is 15.6 Å². The molecule has 0 radical (unpaired) electrons. The summed E-state index contributed by atoms with van der Waals surface area (Å²) in [6.07, 6.45) is 0. The van der Waals surface area contributed by atoms with Crippen LogP contribution >= 0.6 is 0 Å². The molecule has 0 aromatic rings. The molecule has 0 aromatic heterocycles. The van der Waals surface area contributed by atoms with Crippen LogP contribution in [0.25, 0.3) is 0 Å². The van der Waals surface area contributed by atoms with E-state index in [0.29, 0.717) is 0 Å². The lowest BCUT2D eigenvalue weighted by atomic mass is 10.2. The first-order valence-corrected chi connectivity index (χ1v) is 2.38. The number of ether oxygens (including phenoxy) is 2. The van der Waals surface area contributed by atoms with E-state index in [2.05, 4.69) is 9.47 Å². The van der Waals surface area contributed by atoms with E-state index in [1.807, 2.05) is 0 Å². The van der Waals surface area contributed by atoms with Gasteiger partial charge in [-0.2, -0.15) is 0 Å². The van der Waals surface area contributed by atoms with Crippen LogP contribution in [0.3, 0.4) is 0 Å². The summed E-state index contributed by atoms with van der Waals surface area (Å²) in [6, 6.07) is 0. The zero-order valence-electron chi connectivity index (χ0n) is 9.63. The maximum absolute atomic E-state index is 11.0. The van der Waals surface area contributed by atoms with E-state index in [9.17, 15) is 9.59 Å². The van der Waals surface area contributed by atoms with Gasteiger partial charge in [-0.15, -0.1) is 0 Å². The summed E-state index contributed by atoms with van der Waals surface area (Å²) in [7, 11) is 1.78. The highest BCUT2D eigenvalue weighted by Gasteiger charge is 2.22. The Morgan fingerprint density at radius 1 is 1.40 bits per heavy atom. The predicted molar refractivity (Wildman–Crippen MR) is 33.2 cm³/mol. The van der Waals surface area contributed by atoms with Gasteiger partial charge in [0.25, 0.3) is 0 Å². The van der Waals surface area contributed by atoms with Gasteiger partial charge in [-0.05, 0) is 6.85 Å². The molecule has 0 saturated carbocycles. The summed E-state index contributed by atoms with van der Waals surface area (Å²) >= 11 is 0. The Balaban J connectivity index is 5.27. The Bertz CT molecular complexity index is 231. The number of methoxy groups -OCH3 is 2. The van der Waals surface area contributed by atoms with Crippen LogP contribution in [0, 0.1) is 5.89 Å². The average molecular weight is 150 g/mol. The van der Waals surface area contributed by atoms with E-state index in [1.54, 1.807) is 0 Å². The first-order valence-electron chi connectivity index (χ1n) is 4.38. The molecule has 0 atom stereocenters. The van der Waals surface area contributed by atoms with Crippen molar-refractivity contribution in [2.24, 2.45) is 5.89 Å². The highest BCUT2D eigenvalue weighted by molar-refractivity contribution is 5.94. The Kier molecular flexibility index (Phi) is 1.53. The van der Waals surface area contributed by atoms with Crippen molar-refractivity contribution in [3.8, 4) is 0 Å². The van der Waals surface area contributed by atoms with E-state index in [4.69, 9.17) is 5.48 Å². The Hall–Kier alpha value is -1.06. The normalized spacial score (nSPS) is 17.4. The first-order chi connectivity index (χ1) is 6.21. The molecular formula is C6H10O4. The van der Waals surface area contributed by atoms with Gasteiger partial charge in [0.2, 0.25) is 0 Å². The fourth-order valence-corrected chi connectivity index (χ4v) is 0.287. The van der Waals surface area contributed by atoms with Crippen molar-refractivity contribution in [2.75, 3.05) is 14.2 Å². The van der Waals surface area contributed by atoms with Crippen molar-refractivity contribution >= 4 is 11.9 Å². The van der Waals surface area contributed by atoms with E-state index < -0.39 is 24.7 Å². The second-order valence-electron chi connectivity index (χ2n) is 1.36. The van der Waals surface area contributed by atoms with Crippen molar-refractivity contribution in [2.45, 2.75) is 6.85 Å². The third kappa shape index (κ3) is 2.05. The topological polar surface area (TPSA) is 52.6 Å². The molecular weight excluding hydrogens is 136 g/mol. The number of carbonyl (C=O) groups excluding carboxylic acids is 2. The standard InChI is InChI=1S/C6H10O4/c1-4(5(7)9-2)6(8)10-3/h4H,1-3H3/i1D3,4D. The van der Waals surface area contributed by atoms with Crippen LogP contribution in [0.1, 0.15) is 12.3 Å². The SMILES string of the molecule is [2H]C([2H])([2H])C([2H])(C(=O)OC)C(=O)OC. The molecule has 0 spiro atoms. The van der Waals surface area contributed by atoms with Gasteiger partial charge in [0, 0.05) is 4.11 Å². The van der Waals surface area contributed by atoms with Gasteiger partial charge < -0.3 is 9.47 Å². The molecule has 0 bridgehead atoms. The Morgan fingerprint density at radius 2 is 1.80 bits per heavy atom. The third-order valence-corrected chi connectivity index (χ3v) is 0.779. The summed E-state index contributed by atoms with van der Waals surface area (Å²) in [5.74, 6) is -5.95. The Labute approximate surface area is 64.7 Å². The summed E-state index contributed by atoms with van der Waals surface area (Å²) in [4.78, 5) is 22.0. The van der Waals surface area contributed by atoms with Crippen LogP contribution in [0.2, 0.25) is 0 Å². The third-order valence-electron chi connectivity index (χ3n) is 0.779. The first kappa shape index (κ1) is 3.95. The molecule has 0 fully saturated rings. The van der Waals surface area contributed by atoms with Crippen LogP contribution < -0.4 is 0 Å². The van der Waals surface area contributed by atoms with Gasteiger partial charge in [0.1, 0.15) is 0 Å². The smallest absolute Gasteiger partial charge is 0.319 e. The fraction of sp³-hybridized carbons (Fsp3) is 0.667. The molecule has 58 valence electrons. The molecule has 0 aliphatic heterocycles. The summed E-state index contributed by atoms with van der Waals surface area (Å²) in [5, 5.41) is 0. The van der Waals surface area contributed by atoms with Crippen molar-refractivity contribution in [3.05, 3.63) is 0 Å². The van der Waals surface area contributed by atoms with Crippen molar-refractivity contribution in [1.29, 1.82) is 0 Å². The van der Waals surface area contributed by atoms with Crippen LogP contribution in [0.4, 0.5) is 0 Å². The second kappa shape index (κ2) is 3.87. The van der Waals surface area contributed by atoms with E-state index in [1.165, 1.54) is 0 Å². The predicted octanol–water partition coefficient (Wildman–Crippen LogP) is -0.0315. The van der Waals surface area contributed by atoms with Gasteiger partial charge in [-0.3, -0.25) is 9.59 Å².